The summed E-state index contributed by atoms with van der Waals surface area (Å²) in [4.78, 5) is 23.7. The standard InChI is InChI=1S/C15H19NO4S/c1-20-12-4-6-13(7-5-12)21-9-14(17)16-11-3-2-10(8-11)15(18)19/h4-7,10-11H,2-3,8-9H2,1H3,(H,16,17)(H,18,19). The van der Waals surface area contributed by atoms with Gasteiger partial charge in [-0.05, 0) is 43.5 Å². The number of ether oxygens (including phenoxy) is 1. The Hall–Kier alpha value is -1.69. The summed E-state index contributed by atoms with van der Waals surface area (Å²) in [6.45, 7) is 0. The van der Waals surface area contributed by atoms with Crippen molar-refractivity contribution in [2.24, 2.45) is 5.92 Å². The van der Waals surface area contributed by atoms with Crippen LogP contribution in [0, 0.1) is 5.92 Å². The summed E-state index contributed by atoms with van der Waals surface area (Å²) in [6, 6.07) is 7.53. The van der Waals surface area contributed by atoms with Gasteiger partial charge in [0.25, 0.3) is 0 Å². The van der Waals surface area contributed by atoms with Crippen LogP contribution < -0.4 is 10.1 Å². The lowest BCUT2D eigenvalue weighted by Crippen LogP contribution is -2.34. The van der Waals surface area contributed by atoms with E-state index < -0.39 is 5.97 Å². The van der Waals surface area contributed by atoms with Crippen molar-refractivity contribution in [3.63, 3.8) is 0 Å². The molecule has 2 atom stereocenters. The smallest absolute Gasteiger partial charge is 0.306 e. The first-order valence-corrected chi connectivity index (χ1v) is 7.86. The zero-order valence-corrected chi connectivity index (χ0v) is 12.7. The average Bonchev–Trinajstić information content (AvgIpc) is 2.94. The first-order valence-electron chi connectivity index (χ1n) is 6.87. The molecule has 0 radical (unpaired) electrons. The van der Waals surface area contributed by atoms with Crippen LogP contribution in [-0.2, 0) is 9.59 Å². The van der Waals surface area contributed by atoms with E-state index in [0.29, 0.717) is 18.6 Å². The molecule has 0 bridgehead atoms. The molecule has 2 rings (SSSR count). The number of rotatable bonds is 6. The molecule has 1 aliphatic rings. The summed E-state index contributed by atoms with van der Waals surface area (Å²) in [6.07, 6.45) is 1.93. The molecular weight excluding hydrogens is 290 g/mol. The van der Waals surface area contributed by atoms with E-state index in [1.807, 2.05) is 24.3 Å². The molecule has 6 heteroatoms. The van der Waals surface area contributed by atoms with Gasteiger partial charge in [-0.3, -0.25) is 9.59 Å². The number of carbonyl (C=O) groups is 2. The minimum Gasteiger partial charge on any atom is -0.497 e. The maximum absolute atomic E-state index is 11.9. The van der Waals surface area contributed by atoms with Crippen molar-refractivity contribution < 1.29 is 19.4 Å². The number of carboxylic acid groups (broad SMARTS) is 1. The van der Waals surface area contributed by atoms with E-state index in [4.69, 9.17) is 9.84 Å². The monoisotopic (exact) mass is 309 g/mol. The molecule has 2 unspecified atom stereocenters. The Morgan fingerprint density at radius 1 is 1.33 bits per heavy atom. The molecule has 1 saturated carbocycles. The van der Waals surface area contributed by atoms with Gasteiger partial charge in [0.2, 0.25) is 5.91 Å². The number of carbonyl (C=O) groups excluding carboxylic acids is 1. The van der Waals surface area contributed by atoms with Crippen LogP contribution in [0.5, 0.6) is 5.75 Å². The second-order valence-corrected chi connectivity index (χ2v) is 6.13. The lowest BCUT2D eigenvalue weighted by molar-refractivity contribution is -0.141. The van der Waals surface area contributed by atoms with Crippen molar-refractivity contribution in [3.05, 3.63) is 24.3 Å². The Balaban J connectivity index is 1.73. The molecule has 1 aliphatic carbocycles. The van der Waals surface area contributed by atoms with E-state index in [9.17, 15) is 9.59 Å². The van der Waals surface area contributed by atoms with E-state index in [-0.39, 0.29) is 17.9 Å². The van der Waals surface area contributed by atoms with Crippen LogP contribution in [0.4, 0.5) is 0 Å². The molecule has 0 heterocycles. The van der Waals surface area contributed by atoms with Gasteiger partial charge in [-0.1, -0.05) is 0 Å². The highest BCUT2D eigenvalue weighted by atomic mass is 32.2. The van der Waals surface area contributed by atoms with Gasteiger partial charge in [0.15, 0.2) is 0 Å². The Kier molecular flexibility index (Phi) is 5.50. The minimum atomic E-state index is -0.764. The van der Waals surface area contributed by atoms with Crippen LogP contribution in [0.3, 0.4) is 0 Å². The van der Waals surface area contributed by atoms with E-state index >= 15 is 0 Å². The van der Waals surface area contributed by atoms with Crippen LogP contribution in [0.25, 0.3) is 0 Å². The topological polar surface area (TPSA) is 75.6 Å². The fraction of sp³-hybridized carbons (Fsp3) is 0.467. The Bertz CT molecular complexity index is 503. The third-order valence-electron chi connectivity index (χ3n) is 3.58. The highest BCUT2D eigenvalue weighted by Gasteiger charge is 2.30. The van der Waals surface area contributed by atoms with E-state index in [2.05, 4.69) is 5.32 Å². The summed E-state index contributed by atoms with van der Waals surface area (Å²) in [5.41, 5.74) is 0. The molecule has 1 aromatic rings. The Morgan fingerprint density at radius 3 is 2.62 bits per heavy atom. The average molecular weight is 309 g/mol. The summed E-state index contributed by atoms with van der Waals surface area (Å²) >= 11 is 1.45. The van der Waals surface area contributed by atoms with Crippen LogP contribution in [0.1, 0.15) is 19.3 Å². The first-order chi connectivity index (χ1) is 10.1. The molecule has 1 amide bonds. The predicted octanol–water partition coefficient (Wildman–Crippen LogP) is 2.16. The molecule has 0 aromatic heterocycles. The van der Waals surface area contributed by atoms with Crippen molar-refractivity contribution in [2.45, 2.75) is 30.2 Å². The number of carboxylic acids is 1. The lowest BCUT2D eigenvalue weighted by Gasteiger charge is -2.12. The predicted molar refractivity (Wildman–Crippen MR) is 80.6 cm³/mol. The molecule has 2 N–H and O–H groups in total. The quantitative estimate of drug-likeness (QED) is 0.788. The van der Waals surface area contributed by atoms with Crippen molar-refractivity contribution in [1.29, 1.82) is 0 Å². The number of nitrogens with one attached hydrogen (secondary N) is 1. The number of amides is 1. The minimum absolute atomic E-state index is 0.00457. The number of hydrogen-bond donors (Lipinski definition) is 2. The highest BCUT2D eigenvalue weighted by Crippen LogP contribution is 2.26. The number of benzene rings is 1. The molecule has 21 heavy (non-hydrogen) atoms. The van der Waals surface area contributed by atoms with Crippen LogP contribution in [-0.4, -0.2) is 35.9 Å². The maximum Gasteiger partial charge on any atom is 0.306 e. The van der Waals surface area contributed by atoms with Crippen LogP contribution in [0.15, 0.2) is 29.2 Å². The Labute approximate surface area is 128 Å². The van der Waals surface area contributed by atoms with Crippen molar-refractivity contribution in [2.75, 3.05) is 12.9 Å². The number of thioether (sulfide) groups is 1. The fourth-order valence-electron chi connectivity index (χ4n) is 2.43. The summed E-state index contributed by atoms with van der Waals surface area (Å²) in [7, 11) is 1.61. The normalized spacial score (nSPS) is 21.0. The van der Waals surface area contributed by atoms with Gasteiger partial charge in [-0.15, -0.1) is 11.8 Å². The molecule has 1 aromatic carbocycles. The van der Waals surface area contributed by atoms with Gasteiger partial charge in [0, 0.05) is 10.9 Å². The maximum atomic E-state index is 11.9. The zero-order chi connectivity index (χ0) is 15.2. The first kappa shape index (κ1) is 15.7. The van der Waals surface area contributed by atoms with Gasteiger partial charge >= 0.3 is 5.97 Å². The van der Waals surface area contributed by atoms with Crippen molar-refractivity contribution >= 4 is 23.6 Å². The molecule has 1 fully saturated rings. The van der Waals surface area contributed by atoms with Crippen LogP contribution in [0.2, 0.25) is 0 Å². The molecule has 0 aliphatic heterocycles. The third-order valence-corrected chi connectivity index (χ3v) is 4.59. The van der Waals surface area contributed by atoms with Gasteiger partial charge < -0.3 is 15.2 Å². The molecule has 114 valence electrons. The van der Waals surface area contributed by atoms with Crippen molar-refractivity contribution in [3.8, 4) is 5.75 Å². The molecule has 0 saturated heterocycles. The second-order valence-electron chi connectivity index (χ2n) is 5.08. The number of aliphatic carboxylic acids is 1. The Morgan fingerprint density at radius 2 is 2.05 bits per heavy atom. The molecule has 5 nitrogen and oxygen atoms in total. The largest absolute Gasteiger partial charge is 0.497 e. The van der Waals surface area contributed by atoms with Gasteiger partial charge in [0.05, 0.1) is 18.8 Å². The highest BCUT2D eigenvalue weighted by molar-refractivity contribution is 8.00. The summed E-state index contributed by atoms with van der Waals surface area (Å²) in [5, 5.41) is 11.8. The fourth-order valence-corrected chi connectivity index (χ4v) is 3.14. The SMILES string of the molecule is COc1ccc(SCC(=O)NC2CCC(C(=O)O)C2)cc1. The summed E-state index contributed by atoms with van der Waals surface area (Å²) < 4.78 is 5.08. The zero-order valence-electron chi connectivity index (χ0n) is 11.9. The third kappa shape index (κ3) is 4.67. The molecular formula is C15H19NO4S. The number of methoxy groups -OCH3 is 1. The van der Waals surface area contributed by atoms with Gasteiger partial charge in [-0.25, -0.2) is 0 Å². The summed E-state index contributed by atoms with van der Waals surface area (Å²) in [5.74, 6) is -0.00849. The van der Waals surface area contributed by atoms with E-state index in [1.54, 1.807) is 7.11 Å². The van der Waals surface area contributed by atoms with E-state index in [0.717, 1.165) is 17.1 Å². The van der Waals surface area contributed by atoms with Crippen LogP contribution >= 0.6 is 11.8 Å². The van der Waals surface area contributed by atoms with Crippen molar-refractivity contribution in [1.82, 2.24) is 5.32 Å². The number of hydrogen-bond acceptors (Lipinski definition) is 4. The lowest BCUT2D eigenvalue weighted by atomic mass is 10.1. The van der Waals surface area contributed by atoms with Gasteiger partial charge in [-0.2, -0.15) is 0 Å². The second kappa shape index (κ2) is 7.36. The van der Waals surface area contributed by atoms with Gasteiger partial charge in [0.1, 0.15) is 5.75 Å². The molecule has 0 spiro atoms. The van der Waals surface area contributed by atoms with E-state index in [1.165, 1.54) is 11.8 Å².